The first-order chi connectivity index (χ1) is 13.6. The van der Waals surface area contributed by atoms with E-state index in [4.69, 9.17) is 16.3 Å². The summed E-state index contributed by atoms with van der Waals surface area (Å²) in [6.07, 6.45) is 1.41. The molecule has 2 amide bonds. The second-order valence-corrected chi connectivity index (χ2v) is 6.58. The van der Waals surface area contributed by atoms with E-state index in [1.165, 1.54) is 11.1 Å². The normalized spacial score (nSPS) is 14.2. The van der Waals surface area contributed by atoms with Crippen molar-refractivity contribution >= 4 is 35.3 Å². The number of carbonyl (C=O) groups excluding carboxylic acids is 2. The highest BCUT2D eigenvalue weighted by Crippen LogP contribution is 2.28. The SMILES string of the molecule is COc1ccccc1N1CCN(C(=O)C(=O)N/N=C\c2ccccc2Cl)CC1. The lowest BCUT2D eigenvalue weighted by atomic mass is 10.2. The van der Waals surface area contributed by atoms with Crippen LogP contribution in [-0.4, -0.2) is 56.2 Å². The van der Waals surface area contributed by atoms with E-state index in [2.05, 4.69) is 15.4 Å². The molecule has 0 saturated carbocycles. The number of benzene rings is 2. The molecule has 0 radical (unpaired) electrons. The van der Waals surface area contributed by atoms with E-state index in [0.717, 1.165) is 11.4 Å². The lowest BCUT2D eigenvalue weighted by molar-refractivity contribution is -0.146. The number of amides is 2. The zero-order valence-electron chi connectivity index (χ0n) is 15.5. The van der Waals surface area contributed by atoms with Crippen LogP contribution in [0.15, 0.2) is 53.6 Å². The van der Waals surface area contributed by atoms with Crippen LogP contribution in [0.5, 0.6) is 5.75 Å². The van der Waals surface area contributed by atoms with E-state index < -0.39 is 11.8 Å². The zero-order valence-corrected chi connectivity index (χ0v) is 16.2. The minimum Gasteiger partial charge on any atom is -0.495 e. The molecule has 0 spiro atoms. The molecule has 1 aliphatic rings. The second kappa shape index (κ2) is 9.23. The van der Waals surface area contributed by atoms with Gasteiger partial charge in [0.05, 0.1) is 19.0 Å². The van der Waals surface area contributed by atoms with Crippen molar-refractivity contribution in [3.63, 3.8) is 0 Å². The van der Waals surface area contributed by atoms with Crippen molar-refractivity contribution in [2.45, 2.75) is 0 Å². The van der Waals surface area contributed by atoms with E-state index in [-0.39, 0.29) is 0 Å². The second-order valence-electron chi connectivity index (χ2n) is 6.17. The van der Waals surface area contributed by atoms with Crippen molar-refractivity contribution in [2.75, 3.05) is 38.2 Å². The number of anilines is 1. The molecular weight excluding hydrogens is 380 g/mol. The monoisotopic (exact) mass is 400 g/mol. The number of halogens is 1. The minimum atomic E-state index is -0.769. The molecule has 7 nitrogen and oxygen atoms in total. The molecule has 0 atom stereocenters. The standard InChI is InChI=1S/C20H21ClN4O3/c1-28-18-9-5-4-8-17(18)24-10-12-25(13-11-24)20(27)19(26)23-22-14-15-6-2-3-7-16(15)21/h2-9,14H,10-13H2,1H3,(H,23,26)/b22-14-. The number of hydrazone groups is 1. The average Bonchev–Trinajstić information content (AvgIpc) is 2.74. The molecule has 28 heavy (non-hydrogen) atoms. The molecule has 1 heterocycles. The van der Waals surface area contributed by atoms with E-state index >= 15 is 0 Å². The number of nitrogens with one attached hydrogen (secondary N) is 1. The molecular formula is C20H21ClN4O3. The maximum absolute atomic E-state index is 12.3. The van der Waals surface area contributed by atoms with Gasteiger partial charge in [-0.1, -0.05) is 41.9 Å². The molecule has 2 aromatic rings. The summed E-state index contributed by atoms with van der Waals surface area (Å²) < 4.78 is 5.39. The third kappa shape index (κ3) is 4.61. The molecule has 0 aliphatic carbocycles. The number of rotatable bonds is 4. The number of hydrogen-bond acceptors (Lipinski definition) is 5. The molecule has 0 unspecified atom stereocenters. The largest absolute Gasteiger partial charge is 0.495 e. The molecule has 3 rings (SSSR count). The van der Waals surface area contributed by atoms with E-state index in [1.54, 1.807) is 31.4 Å². The van der Waals surface area contributed by atoms with Gasteiger partial charge in [0.25, 0.3) is 0 Å². The first kappa shape index (κ1) is 19.7. The fourth-order valence-corrected chi connectivity index (χ4v) is 3.16. The van der Waals surface area contributed by atoms with Gasteiger partial charge in [0, 0.05) is 36.8 Å². The van der Waals surface area contributed by atoms with Gasteiger partial charge in [-0.3, -0.25) is 9.59 Å². The summed E-state index contributed by atoms with van der Waals surface area (Å²) in [7, 11) is 1.63. The van der Waals surface area contributed by atoms with Gasteiger partial charge in [-0.25, -0.2) is 5.43 Å². The summed E-state index contributed by atoms with van der Waals surface area (Å²) in [6, 6.07) is 14.8. The summed E-state index contributed by atoms with van der Waals surface area (Å²) >= 11 is 6.02. The average molecular weight is 401 g/mol. The van der Waals surface area contributed by atoms with Crippen LogP contribution < -0.4 is 15.1 Å². The molecule has 146 valence electrons. The summed E-state index contributed by atoms with van der Waals surface area (Å²) in [5.41, 5.74) is 3.90. The van der Waals surface area contributed by atoms with Crippen LogP contribution in [0.25, 0.3) is 0 Å². The zero-order chi connectivity index (χ0) is 19.9. The summed E-state index contributed by atoms with van der Waals surface area (Å²) in [5, 5.41) is 4.33. The molecule has 8 heteroatoms. The first-order valence-electron chi connectivity index (χ1n) is 8.85. The fourth-order valence-electron chi connectivity index (χ4n) is 2.97. The number of para-hydroxylation sites is 2. The van der Waals surface area contributed by atoms with Gasteiger partial charge in [-0.05, 0) is 18.2 Å². The Bertz CT molecular complexity index is 879. The number of methoxy groups -OCH3 is 1. The molecule has 1 fully saturated rings. The lowest BCUT2D eigenvalue weighted by Crippen LogP contribution is -2.52. The van der Waals surface area contributed by atoms with Gasteiger partial charge in [-0.2, -0.15) is 5.10 Å². The smallest absolute Gasteiger partial charge is 0.329 e. The third-order valence-electron chi connectivity index (χ3n) is 4.46. The van der Waals surface area contributed by atoms with Crippen molar-refractivity contribution in [3.05, 3.63) is 59.1 Å². The topological polar surface area (TPSA) is 74.2 Å². The molecule has 0 bridgehead atoms. The van der Waals surface area contributed by atoms with Gasteiger partial charge in [-0.15, -0.1) is 0 Å². The van der Waals surface area contributed by atoms with Crippen LogP contribution in [0, 0.1) is 0 Å². The maximum atomic E-state index is 12.3. The summed E-state index contributed by atoms with van der Waals surface area (Å²) in [5.74, 6) is -0.584. The van der Waals surface area contributed by atoms with Gasteiger partial charge < -0.3 is 14.5 Å². The van der Waals surface area contributed by atoms with E-state index in [9.17, 15) is 9.59 Å². The highest BCUT2D eigenvalue weighted by Gasteiger charge is 2.26. The molecule has 1 N–H and O–H groups in total. The molecule has 1 saturated heterocycles. The number of carbonyl (C=O) groups is 2. The van der Waals surface area contributed by atoms with Crippen molar-refractivity contribution in [3.8, 4) is 5.75 Å². The highest BCUT2D eigenvalue weighted by molar-refractivity contribution is 6.35. The van der Waals surface area contributed by atoms with Crippen LogP contribution in [0.4, 0.5) is 5.69 Å². The number of nitrogens with zero attached hydrogens (tertiary/aromatic N) is 3. The maximum Gasteiger partial charge on any atom is 0.329 e. The van der Waals surface area contributed by atoms with Crippen LogP contribution in [0.2, 0.25) is 5.02 Å². The van der Waals surface area contributed by atoms with Crippen LogP contribution >= 0.6 is 11.6 Å². The highest BCUT2D eigenvalue weighted by atomic mass is 35.5. The van der Waals surface area contributed by atoms with Gasteiger partial charge in [0.1, 0.15) is 5.75 Å². The van der Waals surface area contributed by atoms with E-state index in [1.807, 2.05) is 24.3 Å². The predicted octanol–water partition coefficient (Wildman–Crippen LogP) is 2.15. The quantitative estimate of drug-likeness (QED) is 0.485. The number of ether oxygens (including phenoxy) is 1. The van der Waals surface area contributed by atoms with Gasteiger partial charge in [0.15, 0.2) is 0 Å². The Morgan fingerprint density at radius 3 is 2.46 bits per heavy atom. The third-order valence-corrected chi connectivity index (χ3v) is 4.81. The van der Waals surface area contributed by atoms with Crippen LogP contribution in [0.1, 0.15) is 5.56 Å². The Balaban J connectivity index is 1.53. The lowest BCUT2D eigenvalue weighted by Gasteiger charge is -2.36. The molecule has 2 aromatic carbocycles. The van der Waals surface area contributed by atoms with Gasteiger partial charge in [0.2, 0.25) is 0 Å². The van der Waals surface area contributed by atoms with Gasteiger partial charge >= 0.3 is 11.8 Å². The van der Waals surface area contributed by atoms with Crippen molar-refractivity contribution in [1.82, 2.24) is 10.3 Å². The number of hydrogen-bond donors (Lipinski definition) is 1. The Morgan fingerprint density at radius 2 is 1.75 bits per heavy atom. The van der Waals surface area contributed by atoms with Crippen molar-refractivity contribution in [1.29, 1.82) is 0 Å². The Labute approximate surface area is 168 Å². The molecule has 0 aromatic heterocycles. The minimum absolute atomic E-state index is 0.443. The van der Waals surface area contributed by atoms with Crippen LogP contribution in [-0.2, 0) is 9.59 Å². The number of piperazine rings is 1. The first-order valence-corrected chi connectivity index (χ1v) is 9.22. The van der Waals surface area contributed by atoms with Crippen molar-refractivity contribution < 1.29 is 14.3 Å². The summed E-state index contributed by atoms with van der Waals surface area (Å²) in [6.45, 7) is 2.11. The Kier molecular flexibility index (Phi) is 6.49. The summed E-state index contributed by atoms with van der Waals surface area (Å²) in [4.78, 5) is 28.1. The van der Waals surface area contributed by atoms with Crippen LogP contribution in [0.3, 0.4) is 0 Å². The predicted molar refractivity (Wildman–Crippen MR) is 109 cm³/mol. The van der Waals surface area contributed by atoms with Crippen molar-refractivity contribution in [2.24, 2.45) is 5.10 Å². The fraction of sp³-hybridized carbons (Fsp3) is 0.250. The van der Waals surface area contributed by atoms with E-state index in [0.29, 0.717) is 36.8 Å². The molecule has 1 aliphatic heterocycles. The Morgan fingerprint density at radius 1 is 1.07 bits per heavy atom. The Hall–Kier alpha value is -3.06.